The first-order valence-corrected chi connectivity index (χ1v) is 11.3. The number of hydrogen-bond donors (Lipinski definition) is 0. The number of aryl methyl sites for hydroxylation is 1. The third-order valence-electron chi connectivity index (χ3n) is 3.37. The van der Waals surface area contributed by atoms with Gasteiger partial charge in [0.15, 0.2) is 20.0 Å². The molecule has 0 bridgehead atoms. The zero-order valence-electron chi connectivity index (χ0n) is 15.9. The van der Waals surface area contributed by atoms with Gasteiger partial charge in [0.05, 0.1) is 12.2 Å². The molecule has 0 spiro atoms. The number of unbranched alkanes of at least 4 members (excludes halogenated alkanes) is 1. The predicted octanol–water partition coefficient (Wildman–Crippen LogP) is 3.08. The van der Waals surface area contributed by atoms with Gasteiger partial charge in [-0.3, -0.25) is 4.98 Å². The summed E-state index contributed by atoms with van der Waals surface area (Å²) in [4.78, 5) is 4.32. The molecule has 0 unspecified atom stereocenters. The van der Waals surface area contributed by atoms with Crippen molar-refractivity contribution in [2.24, 2.45) is 0 Å². The first-order chi connectivity index (χ1) is 14.1. The summed E-state index contributed by atoms with van der Waals surface area (Å²) in [6.07, 6.45) is 10.7. The minimum absolute atomic E-state index is 0.778. The summed E-state index contributed by atoms with van der Waals surface area (Å²) in [5.41, 5.74) is -11.3. The summed E-state index contributed by atoms with van der Waals surface area (Å²) in [6, 6.07) is 6.02. The van der Waals surface area contributed by atoms with E-state index in [2.05, 4.69) is 45.8 Å². The van der Waals surface area contributed by atoms with Gasteiger partial charge < -0.3 is 4.13 Å². The Balaban J connectivity index is 0.000000311. The maximum absolute atomic E-state index is 11.4. The largest absolute Gasteiger partial charge is 0.480 e. The summed E-state index contributed by atoms with van der Waals surface area (Å²) in [5.74, 6) is 0. The minimum atomic E-state index is -6.72. The fourth-order valence-corrected chi connectivity index (χ4v) is 3.61. The first-order valence-electron chi connectivity index (χ1n) is 8.40. The summed E-state index contributed by atoms with van der Waals surface area (Å²) in [7, 11) is -13.4. The molecule has 0 aliphatic carbocycles. The second kappa shape index (κ2) is 10.4. The fourth-order valence-electron chi connectivity index (χ4n) is 1.90. The van der Waals surface area contributed by atoms with Gasteiger partial charge in [0.25, 0.3) is 0 Å². The summed E-state index contributed by atoms with van der Waals surface area (Å²) in [5, 5.41) is 0. The monoisotopic (exact) mass is 496 g/mol. The maximum atomic E-state index is 11.4. The first kappa shape index (κ1) is 26.8. The Kier molecular flexibility index (Phi) is 9.01. The average Bonchev–Trinajstić information content (AvgIpc) is 3.06. The van der Waals surface area contributed by atoms with Crippen molar-refractivity contribution in [2.75, 3.05) is 0 Å². The van der Waals surface area contributed by atoms with Crippen LogP contribution < -0.4 is 4.57 Å². The second-order valence-corrected chi connectivity index (χ2v) is 9.34. The molecule has 0 aliphatic heterocycles. The van der Waals surface area contributed by atoms with E-state index in [0.29, 0.717) is 0 Å². The van der Waals surface area contributed by atoms with E-state index in [0.717, 1.165) is 22.9 Å². The Hall–Kier alpha value is -2.20. The molecule has 2 aromatic heterocycles. The van der Waals surface area contributed by atoms with Crippen LogP contribution in [-0.2, 0) is 33.1 Å². The number of alkyl halides is 6. The molecular formula is C15H18F6N4O4S2. The molecule has 0 N–H and O–H groups in total. The molecule has 0 fully saturated rings. The molecular weight excluding hydrogens is 478 g/mol. The molecule has 0 aliphatic rings. The van der Waals surface area contributed by atoms with Crippen molar-refractivity contribution < 1.29 is 47.7 Å². The lowest BCUT2D eigenvalue weighted by atomic mass is 10.3. The van der Waals surface area contributed by atoms with Crippen LogP contribution in [-0.4, -0.2) is 37.4 Å². The maximum Gasteiger partial charge on any atom is 0.480 e. The van der Waals surface area contributed by atoms with Crippen molar-refractivity contribution in [3.05, 3.63) is 52.9 Å². The SMILES string of the molecule is CCCCn1cc[n+](Cc2ccccn2)c1.O=S(=O)([N-]S(=O)(=O)C(F)(F)F)C(F)(F)F. The molecule has 0 saturated heterocycles. The van der Waals surface area contributed by atoms with Crippen LogP contribution in [0.2, 0.25) is 0 Å². The van der Waals surface area contributed by atoms with Crippen LogP contribution in [0.1, 0.15) is 25.5 Å². The third kappa shape index (κ3) is 8.45. The number of pyridine rings is 1. The summed E-state index contributed by atoms with van der Waals surface area (Å²) < 4.78 is 114. The van der Waals surface area contributed by atoms with E-state index in [9.17, 15) is 43.2 Å². The molecule has 2 aromatic rings. The Morgan fingerprint density at radius 3 is 2.06 bits per heavy atom. The van der Waals surface area contributed by atoms with Gasteiger partial charge in [-0.2, -0.15) is 26.3 Å². The fraction of sp³-hybridized carbons (Fsp3) is 0.467. The standard InChI is InChI=1S/C13H18N3.C2F6NO4S2/c1-2-3-8-15-9-10-16(12-15)11-13-6-4-5-7-14-13;3-1(4,5)14(10,11)9-15(12,13)2(6,7)8/h4-7,9-10,12H,2-3,8,11H2,1H3;/q+1;-1. The zero-order chi connectivity index (χ0) is 23.9. The highest BCUT2D eigenvalue weighted by Gasteiger charge is 2.46. The van der Waals surface area contributed by atoms with Crippen molar-refractivity contribution in [3.8, 4) is 0 Å². The van der Waals surface area contributed by atoms with Crippen molar-refractivity contribution in [1.29, 1.82) is 0 Å². The van der Waals surface area contributed by atoms with E-state index in [4.69, 9.17) is 0 Å². The van der Waals surface area contributed by atoms with Gasteiger partial charge in [-0.1, -0.05) is 19.4 Å². The molecule has 31 heavy (non-hydrogen) atoms. The van der Waals surface area contributed by atoms with Gasteiger partial charge in [-0.05, 0) is 18.6 Å². The van der Waals surface area contributed by atoms with Crippen molar-refractivity contribution >= 4 is 20.0 Å². The summed E-state index contributed by atoms with van der Waals surface area (Å²) >= 11 is 0. The van der Waals surface area contributed by atoms with Gasteiger partial charge in [-0.15, -0.1) is 0 Å². The van der Waals surface area contributed by atoms with Gasteiger partial charge in [0, 0.05) is 6.20 Å². The molecule has 0 saturated carbocycles. The number of nitrogens with zero attached hydrogens (tertiary/aromatic N) is 4. The van der Waals surface area contributed by atoms with Crippen LogP contribution in [0.15, 0.2) is 43.1 Å². The molecule has 0 radical (unpaired) electrons. The van der Waals surface area contributed by atoms with Crippen LogP contribution in [0.4, 0.5) is 26.3 Å². The normalized spacial score (nSPS) is 12.9. The van der Waals surface area contributed by atoms with Crippen molar-refractivity contribution in [2.45, 2.75) is 43.9 Å². The smallest absolute Gasteiger partial charge is 0.421 e. The number of imidazole rings is 1. The van der Waals surface area contributed by atoms with E-state index in [1.165, 1.54) is 12.8 Å². The van der Waals surface area contributed by atoms with E-state index in [1.54, 1.807) is 0 Å². The number of rotatable bonds is 7. The van der Waals surface area contributed by atoms with Crippen molar-refractivity contribution in [1.82, 2.24) is 9.55 Å². The van der Waals surface area contributed by atoms with Crippen LogP contribution in [0.3, 0.4) is 0 Å². The van der Waals surface area contributed by atoms with Crippen LogP contribution in [0, 0.1) is 0 Å². The van der Waals surface area contributed by atoms with Crippen LogP contribution >= 0.6 is 0 Å². The van der Waals surface area contributed by atoms with Gasteiger partial charge >= 0.3 is 11.0 Å². The number of sulfonamides is 2. The lowest BCUT2D eigenvalue weighted by Crippen LogP contribution is -2.32. The Morgan fingerprint density at radius 1 is 1.03 bits per heavy atom. The van der Waals surface area contributed by atoms with E-state index >= 15 is 0 Å². The molecule has 2 heterocycles. The second-order valence-electron chi connectivity index (χ2n) is 5.91. The van der Waals surface area contributed by atoms with Gasteiger partial charge in [0.1, 0.15) is 18.9 Å². The van der Waals surface area contributed by atoms with Gasteiger partial charge in [-0.25, -0.2) is 26.0 Å². The highest BCUT2D eigenvalue weighted by molar-refractivity contribution is 8.13. The molecule has 8 nitrogen and oxygen atoms in total. The third-order valence-corrected chi connectivity index (χ3v) is 6.11. The minimum Gasteiger partial charge on any atom is -0.421 e. The van der Waals surface area contributed by atoms with Gasteiger partial charge in [0.2, 0.25) is 6.33 Å². The Morgan fingerprint density at radius 2 is 1.61 bits per heavy atom. The molecule has 2 rings (SSSR count). The Labute approximate surface area is 174 Å². The number of aromatic nitrogens is 3. The van der Waals surface area contributed by atoms with E-state index < -0.39 is 31.1 Å². The number of halogens is 6. The molecule has 0 amide bonds. The van der Waals surface area contributed by atoms with E-state index in [-0.39, 0.29) is 0 Å². The Bertz CT molecular complexity index is 993. The highest BCUT2D eigenvalue weighted by atomic mass is 32.3. The lowest BCUT2D eigenvalue weighted by molar-refractivity contribution is -0.688. The average molecular weight is 496 g/mol. The predicted molar refractivity (Wildman–Crippen MR) is 96.2 cm³/mol. The lowest BCUT2D eigenvalue weighted by Gasteiger charge is -2.22. The molecule has 16 heteroatoms. The molecule has 0 atom stereocenters. The number of hydrogen-bond acceptors (Lipinski definition) is 5. The van der Waals surface area contributed by atoms with E-state index in [1.807, 2.05) is 18.3 Å². The topological polar surface area (TPSA) is 104 Å². The molecule has 176 valence electrons. The quantitative estimate of drug-likeness (QED) is 0.433. The van der Waals surface area contributed by atoms with Crippen molar-refractivity contribution in [3.63, 3.8) is 0 Å². The molecule has 0 aromatic carbocycles. The van der Waals surface area contributed by atoms with Crippen LogP contribution in [0.25, 0.3) is 4.13 Å². The van der Waals surface area contributed by atoms with Crippen LogP contribution in [0.5, 0.6) is 0 Å². The highest BCUT2D eigenvalue weighted by Crippen LogP contribution is 2.36. The summed E-state index contributed by atoms with van der Waals surface area (Å²) in [6.45, 7) is 4.16. The zero-order valence-corrected chi connectivity index (χ0v) is 17.5.